The average molecular weight is 324 g/mol. The Morgan fingerprint density at radius 2 is 2.14 bits per heavy atom. The molecule has 0 radical (unpaired) electrons. The van der Waals surface area contributed by atoms with E-state index in [1.165, 1.54) is 19.1 Å². The topological polar surface area (TPSA) is 79.6 Å². The largest absolute Gasteiger partial charge is 0.546 e. The van der Waals surface area contributed by atoms with Gasteiger partial charge in [-0.15, -0.1) is 0 Å². The number of benzene rings is 1. The first kappa shape index (κ1) is 16.4. The van der Waals surface area contributed by atoms with Gasteiger partial charge in [0.2, 0.25) is 0 Å². The summed E-state index contributed by atoms with van der Waals surface area (Å²) in [6.45, 7) is 3.40. The van der Waals surface area contributed by atoms with Crippen LogP contribution in [0.15, 0.2) is 27.4 Å². The minimum atomic E-state index is -1.35. The zero-order valence-corrected chi connectivity index (χ0v) is 13.1. The molecular formula is C16H16ClO5-. The van der Waals surface area contributed by atoms with E-state index in [4.69, 9.17) is 20.8 Å². The molecule has 118 valence electrons. The van der Waals surface area contributed by atoms with Crippen LogP contribution in [0.5, 0.6) is 5.75 Å². The zero-order valence-electron chi connectivity index (χ0n) is 12.3. The Balaban J connectivity index is 2.49. The summed E-state index contributed by atoms with van der Waals surface area (Å²) < 4.78 is 10.4. The molecule has 0 saturated carbocycles. The molecule has 0 aliphatic heterocycles. The molecule has 5 nitrogen and oxygen atoms in total. The van der Waals surface area contributed by atoms with Gasteiger partial charge in [-0.1, -0.05) is 24.9 Å². The lowest BCUT2D eigenvalue weighted by atomic mass is 10.0. The predicted molar refractivity (Wildman–Crippen MR) is 81.2 cm³/mol. The Bertz CT molecular complexity index is 750. The summed E-state index contributed by atoms with van der Waals surface area (Å²) in [5, 5.41) is 11.7. The molecule has 1 heterocycles. The van der Waals surface area contributed by atoms with Crippen LogP contribution in [0.2, 0.25) is 5.02 Å². The highest BCUT2D eigenvalue weighted by Crippen LogP contribution is 2.32. The van der Waals surface area contributed by atoms with E-state index >= 15 is 0 Å². The lowest BCUT2D eigenvalue weighted by Gasteiger charge is -2.17. The fourth-order valence-corrected chi connectivity index (χ4v) is 2.34. The number of ether oxygens (including phenoxy) is 1. The Morgan fingerprint density at radius 3 is 2.77 bits per heavy atom. The Morgan fingerprint density at radius 1 is 1.41 bits per heavy atom. The minimum absolute atomic E-state index is 0.140. The van der Waals surface area contributed by atoms with Crippen molar-refractivity contribution in [3.8, 4) is 5.75 Å². The molecule has 0 aliphatic carbocycles. The quantitative estimate of drug-likeness (QED) is 0.762. The highest BCUT2D eigenvalue weighted by molar-refractivity contribution is 6.32. The number of unbranched alkanes of at least 4 members (excludes halogenated alkanes) is 1. The first-order valence-electron chi connectivity index (χ1n) is 7.06. The van der Waals surface area contributed by atoms with Gasteiger partial charge in [0.15, 0.2) is 0 Å². The second kappa shape index (κ2) is 6.83. The molecule has 0 amide bonds. The Labute approximate surface area is 132 Å². The van der Waals surface area contributed by atoms with Gasteiger partial charge in [-0.2, -0.15) is 0 Å². The maximum atomic E-state index is 11.6. The summed E-state index contributed by atoms with van der Waals surface area (Å²) >= 11 is 6.14. The van der Waals surface area contributed by atoms with Crippen molar-refractivity contribution in [3.05, 3.63) is 39.2 Å². The molecule has 22 heavy (non-hydrogen) atoms. The number of hydrogen-bond donors (Lipinski definition) is 0. The molecule has 0 N–H and O–H groups in total. The summed E-state index contributed by atoms with van der Waals surface area (Å²) in [5.41, 5.74) is 0.720. The number of carboxylic acids is 1. The number of hydrogen-bond acceptors (Lipinski definition) is 5. The van der Waals surface area contributed by atoms with E-state index in [1.54, 1.807) is 6.07 Å². The maximum Gasteiger partial charge on any atom is 0.336 e. The van der Waals surface area contributed by atoms with Crippen LogP contribution >= 0.6 is 11.6 Å². The summed E-state index contributed by atoms with van der Waals surface area (Å²) in [6.07, 6.45) is 1.52. The lowest BCUT2D eigenvalue weighted by Crippen LogP contribution is -2.37. The number of aryl methyl sites for hydroxylation is 1. The number of carbonyl (C=O) groups is 1. The number of carbonyl (C=O) groups excluding carboxylic acids is 1. The standard InChI is InChI=1S/C16H17ClO5/c1-3-4-5-10-6-15(18)22-13-8-14(12(17)7-11(10)13)21-9(2)16(19)20/h6-9H,3-5H2,1-2H3,(H,19,20)/p-1/t9-/m1/s1. The van der Waals surface area contributed by atoms with Crippen molar-refractivity contribution in [1.82, 2.24) is 0 Å². The first-order chi connectivity index (χ1) is 10.4. The summed E-state index contributed by atoms with van der Waals surface area (Å²) in [7, 11) is 0. The van der Waals surface area contributed by atoms with Gasteiger partial charge in [0, 0.05) is 17.5 Å². The van der Waals surface area contributed by atoms with E-state index in [0.29, 0.717) is 5.58 Å². The predicted octanol–water partition coefficient (Wildman–Crippen LogP) is 2.31. The highest BCUT2D eigenvalue weighted by atomic mass is 35.5. The van der Waals surface area contributed by atoms with Crippen molar-refractivity contribution in [1.29, 1.82) is 0 Å². The van der Waals surface area contributed by atoms with E-state index in [9.17, 15) is 14.7 Å². The zero-order chi connectivity index (χ0) is 16.3. The molecule has 1 aromatic carbocycles. The molecule has 2 aromatic rings. The monoisotopic (exact) mass is 323 g/mol. The van der Waals surface area contributed by atoms with Gasteiger partial charge in [-0.3, -0.25) is 0 Å². The summed E-state index contributed by atoms with van der Waals surface area (Å²) in [4.78, 5) is 22.4. The van der Waals surface area contributed by atoms with Crippen molar-refractivity contribution in [3.63, 3.8) is 0 Å². The minimum Gasteiger partial charge on any atom is -0.546 e. The van der Waals surface area contributed by atoms with Crippen molar-refractivity contribution in [2.24, 2.45) is 0 Å². The average Bonchev–Trinajstić information content (AvgIpc) is 2.46. The van der Waals surface area contributed by atoms with Gasteiger partial charge in [-0.25, -0.2) is 4.79 Å². The second-order valence-electron chi connectivity index (χ2n) is 5.05. The normalized spacial score (nSPS) is 12.3. The fraction of sp³-hybridized carbons (Fsp3) is 0.375. The molecular weight excluding hydrogens is 308 g/mol. The van der Waals surface area contributed by atoms with Gasteiger partial charge in [-0.05, 0) is 31.4 Å². The smallest absolute Gasteiger partial charge is 0.336 e. The highest BCUT2D eigenvalue weighted by Gasteiger charge is 2.13. The summed E-state index contributed by atoms with van der Waals surface area (Å²) in [6, 6.07) is 4.52. The Hall–Kier alpha value is -2.01. The number of halogens is 1. The SMILES string of the molecule is CCCCc1cc(=O)oc2cc(O[C@H](C)C(=O)[O-])c(Cl)cc12. The van der Waals surface area contributed by atoms with E-state index in [0.717, 1.165) is 30.2 Å². The van der Waals surface area contributed by atoms with Crippen LogP contribution in [0.1, 0.15) is 32.3 Å². The number of fused-ring (bicyclic) bond motifs is 1. The van der Waals surface area contributed by atoms with E-state index in [-0.39, 0.29) is 10.8 Å². The first-order valence-corrected chi connectivity index (χ1v) is 7.44. The van der Waals surface area contributed by atoms with Crippen molar-refractivity contribution < 1.29 is 19.1 Å². The van der Waals surface area contributed by atoms with Crippen LogP contribution in [0.3, 0.4) is 0 Å². The Kier molecular flexibility index (Phi) is 5.08. The molecule has 0 aliphatic rings. The van der Waals surface area contributed by atoms with E-state index in [1.807, 2.05) is 0 Å². The number of carboxylic acid groups (broad SMARTS) is 1. The van der Waals surface area contributed by atoms with Gasteiger partial charge in [0.25, 0.3) is 0 Å². The molecule has 0 spiro atoms. The van der Waals surface area contributed by atoms with Gasteiger partial charge in [0.05, 0.1) is 11.0 Å². The molecule has 2 rings (SSSR count). The summed E-state index contributed by atoms with van der Waals surface area (Å²) in [5.74, 6) is -1.21. The third kappa shape index (κ3) is 3.60. The van der Waals surface area contributed by atoms with E-state index in [2.05, 4.69) is 6.92 Å². The van der Waals surface area contributed by atoms with Gasteiger partial charge < -0.3 is 19.1 Å². The van der Waals surface area contributed by atoms with Crippen LogP contribution in [0.25, 0.3) is 11.0 Å². The third-order valence-corrected chi connectivity index (χ3v) is 3.61. The molecule has 0 bridgehead atoms. The molecule has 1 aromatic heterocycles. The van der Waals surface area contributed by atoms with E-state index < -0.39 is 17.7 Å². The van der Waals surface area contributed by atoms with Crippen LogP contribution in [-0.4, -0.2) is 12.1 Å². The molecule has 0 saturated heterocycles. The van der Waals surface area contributed by atoms with Crippen LogP contribution in [-0.2, 0) is 11.2 Å². The van der Waals surface area contributed by atoms with Crippen molar-refractivity contribution in [2.75, 3.05) is 0 Å². The van der Waals surface area contributed by atoms with Gasteiger partial charge in [0.1, 0.15) is 17.4 Å². The molecule has 0 fully saturated rings. The van der Waals surface area contributed by atoms with Crippen molar-refractivity contribution in [2.45, 2.75) is 39.2 Å². The van der Waals surface area contributed by atoms with Crippen molar-refractivity contribution >= 4 is 28.5 Å². The van der Waals surface area contributed by atoms with Gasteiger partial charge >= 0.3 is 5.63 Å². The molecule has 1 atom stereocenters. The van der Waals surface area contributed by atoms with Crippen LogP contribution in [0.4, 0.5) is 0 Å². The van der Waals surface area contributed by atoms with Crippen LogP contribution in [0, 0.1) is 0 Å². The fourth-order valence-electron chi connectivity index (χ4n) is 2.13. The third-order valence-electron chi connectivity index (χ3n) is 3.32. The molecule has 0 unspecified atom stereocenters. The lowest BCUT2D eigenvalue weighted by molar-refractivity contribution is -0.312. The number of rotatable bonds is 6. The molecule has 6 heteroatoms. The number of aliphatic carboxylic acids is 1. The second-order valence-corrected chi connectivity index (χ2v) is 5.46. The maximum absolute atomic E-state index is 11.6. The van der Waals surface area contributed by atoms with Crippen LogP contribution < -0.4 is 15.5 Å².